The molecule has 0 saturated carbocycles. The summed E-state index contributed by atoms with van der Waals surface area (Å²) in [7, 11) is 0. The lowest BCUT2D eigenvalue weighted by Gasteiger charge is -2.09. The minimum Gasteiger partial charge on any atom is -0.384 e. The fourth-order valence-corrected chi connectivity index (χ4v) is 3.90. The van der Waals surface area contributed by atoms with Gasteiger partial charge in [-0.3, -0.25) is 9.36 Å². The Labute approximate surface area is 189 Å². The molecule has 3 aromatic carbocycles. The highest BCUT2D eigenvalue weighted by molar-refractivity contribution is 6.11. The number of nitrogens with two attached hydrogens (primary N) is 1. The molecular weight excluding hydrogens is 417 g/mol. The topological polar surface area (TPSA) is 85.8 Å². The van der Waals surface area contributed by atoms with E-state index in [2.05, 4.69) is 12.2 Å². The van der Waals surface area contributed by atoms with Crippen LogP contribution in [0.25, 0.3) is 27.9 Å². The van der Waals surface area contributed by atoms with Crippen LogP contribution >= 0.6 is 0 Å². The van der Waals surface area contributed by atoms with Gasteiger partial charge in [0.1, 0.15) is 22.7 Å². The first-order valence-electron chi connectivity index (χ1n) is 10.7. The van der Waals surface area contributed by atoms with Crippen molar-refractivity contribution in [3.8, 4) is 5.69 Å². The van der Waals surface area contributed by atoms with Gasteiger partial charge in [-0.1, -0.05) is 43.3 Å². The number of para-hydroxylation sites is 2. The van der Waals surface area contributed by atoms with E-state index in [9.17, 15) is 9.18 Å². The minimum absolute atomic E-state index is 0.234. The summed E-state index contributed by atoms with van der Waals surface area (Å²) in [5.41, 5.74) is 11.9. The van der Waals surface area contributed by atoms with Gasteiger partial charge in [0, 0.05) is 12.2 Å². The Morgan fingerprint density at radius 1 is 0.939 bits per heavy atom. The Morgan fingerprint density at radius 2 is 1.58 bits per heavy atom. The van der Waals surface area contributed by atoms with Crippen molar-refractivity contribution in [3.63, 3.8) is 0 Å². The quantitative estimate of drug-likeness (QED) is 0.412. The zero-order chi connectivity index (χ0) is 22.9. The second-order valence-electron chi connectivity index (χ2n) is 7.81. The highest BCUT2D eigenvalue weighted by Gasteiger charge is 2.24. The van der Waals surface area contributed by atoms with E-state index in [0.29, 0.717) is 22.2 Å². The Bertz CT molecular complexity index is 1470. The Balaban J connectivity index is 1.63. The van der Waals surface area contributed by atoms with Gasteiger partial charge in [-0.25, -0.2) is 14.4 Å². The number of nitrogens with one attached hydrogen (secondary N) is 1. The van der Waals surface area contributed by atoms with Crippen molar-refractivity contribution in [2.75, 3.05) is 5.73 Å². The number of fused-ring (bicyclic) bond motifs is 2. The lowest BCUT2D eigenvalue weighted by atomic mass is 10.1. The zero-order valence-corrected chi connectivity index (χ0v) is 18.0. The maximum Gasteiger partial charge on any atom is 0.257 e. The molecule has 0 saturated heterocycles. The smallest absolute Gasteiger partial charge is 0.257 e. The third kappa shape index (κ3) is 3.78. The molecule has 33 heavy (non-hydrogen) atoms. The predicted octanol–water partition coefficient (Wildman–Crippen LogP) is 4.79. The van der Waals surface area contributed by atoms with E-state index in [1.165, 1.54) is 17.7 Å². The molecule has 0 atom stereocenters. The molecule has 164 valence electrons. The van der Waals surface area contributed by atoms with Crippen LogP contribution in [-0.2, 0) is 13.0 Å². The van der Waals surface area contributed by atoms with Gasteiger partial charge in [-0.2, -0.15) is 0 Å². The van der Waals surface area contributed by atoms with Gasteiger partial charge in [-0.15, -0.1) is 0 Å². The van der Waals surface area contributed by atoms with Crippen LogP contribution < -0.4 is 11.1 Å². The number of halogens is 1. The number of aromatic nitrogens is 3. The largest absolute Gasteiger partial charge is 0.384 e. The lowest BCUT2D eigenvalue weighted by molar-refractivity contribution is 0.0953. The van der Waals surface area contributed by atoms with Crippen LogP contribution in [0.2, 0.25) is 0 Å². The van der Waals surface area contributed by atoms with Crippen LogP contribution in [0.4, 0.5) is 10.2 Å². The molecule has 0 radical (unpaired) electrons. The number of aryl methyl sites for hydroxylation is 1. The van der Waals surface area contributed by atoms with Crippen molar-refractivity contribution < 1.29 is 9.18 Å². The molecule has 2 aromatic heterocycles. The van der Waals surface area contributed by atoms with Crippen LogP contribution in [0.5, 0.6) is 0 Å². The molecule has 5 aromatic rings. The SMILES string of the molecule is CCc1ccc(-n2c(N)c(C(=O)NCc3ccc(F)cc3)c3nc4ccccc4nc32)cc1. The van der Waals surface area contributed by atoms with Crippen LogP contribution in [0, 0.1) is 5.82 Å². The number of anilines is 1. The lowest BCUT2D eigenvalue weighted by Crippen LogP contribution is -2.24. The Kier molecular flexibility index (Phi) is 5.22. The molecule has 0 spiro atoms. The molecule has 0 unspecified atom stereocenters. The van der Waals surface area contributed by atoms with E-state index in [-0.39, 0.29) is 29.7 Å². The van der Waals surface area contributed by atoms with Gasteiger partial charge in [0.15, 0.2) is 5.65 Å². The normalized spacial score (nSPS) is 11.2. The van der Waals surface area contributed by atoms with Crippen molar-refractivity contribution in [3.05, 3.63) is 95.3 Å². The summed E-state index contributed by atoms with van der Waals surface area (Å²) >= 11 is 0. The highest BCUT2D eigenvalue weighted by Crippen LogP contribution is 2.31. The second kappa shape index (κ2) is 8.35. The first kappa shape index (κ1) is 20.6. The average molecular weight is 439 g/mol. The zero-order valence-electron chi connectivity index (χ0n) is 18.0. The van der Waals surface area contributed by atoms with Crippen LogP contribution in [0.3, 0.4) is 0 Å². The maximum absolute atomic E-state index is 13.3. The number of hydrogen-bond donors (Lipinski definition) is 2. The summed E-state index contributed by atoms with van der Waals surface area (Å²) in [5, 5.41) is 2.88. The molecular formula is C26H22FN5O. The molecule has 0 aliphatic rings. The fraction of sp³-hybridized carbons (Fsp3) is 0.115. The van der Waals surface area contributed by atoms with E-state index < -0.39 is 0 Å². The van der Waals surface area contributed by atoms with Gasteiger partial charge in [-0.05, 0) is 53.9 Å². The van der Waals surface area contributed by atoms with Gasteiger partial charge in [0.05, 0.1) is 11.0 Å². The van der Waals surface area contributed by atoms with E-state index in [4.69, 9.17) is 15.7 Å². The molecule has 0 aliphatic carbocycles. The third-order valence-corrected chi connectivity index (χ3v) is 5.69. The number of carbonyl (C=O) groups excluding carboxylic acids is 1. The maximum atomic E-state index is 13.3. The van der Waals surface area contributed by atoms with Gasteiger partial charge in [0.2, 0.25) is 0 Å². The second-order valence-corrected chi connectivity index (χ2v) is 7.81. The van der Waals surface area contributed by atoms with Crippen LogP contribution in [0.15, 0.2) is 72.8 Å². The first-order valence-corrected chi connectivity index (χ1v) is 10.7. The van der Waals surface area contributed by atoms with Crippen molar-refractivity contribution in [1.82, 2.24) is 19.9 Å². The molecule has 6 nitrogen and oxygen atoms in total. The Morgan fingerprint density at radius 3 is 2.24 bits per heavy atom. The predicted molar refractivity (Wildman–Crippen MR) is 128 cm³/mol. The number of hydrogen-bond acceptors (Lipinski definition) is 4. The number of rotatable bonds is 5. The van der Waals surface area contributed by atoms with Crippen LogP contribution in [0.1, 0.15) is 28.4 Å². The van der Waals surface area contributed by atoms with Crippen molar-refractivity contribution >= 4 is 33.9 Å². The monoisotopic (exact) mass is 439 g/mol. The molecule has 0 bridgehead atoms. The number of amides is 1. The fourth-order valence-electron chi connectivity index (χ4n) is 3.90. The van der Waals surface area contributed by atoms with E-state index >= 15 is 0 Å². The number of benzene rings is 3. The number of nitrogens with zero attached hydrogens (tertiary/aromatic N) is 3. The van der Waals surface area contributed by atoms with Gasteiger partial charge >= 0.3 is 0 Å². The standard InChI is InChI=1S/C26H22FN5O/c1-2-16-9-13-19(14-10-16)32-24(28)22(26(33)29-15-17-7-11-18(27)12-8-17)23-25(32)31-21-6-4-3-5-20(21)30-23/h3-14H,2,15,28H2,1H3,(H,29,33). The summed E-state index contributed by atoms with van der Waals surface area (Å²) < 4.78 is 15.0. The summed E-state index contributed by atoms with van der Waals surface area (Å²) in [6, 6.07) is 21.5. The van der Waals surface area contributed by atoms with Gasteiger partial charge in [0.25, 0.3) is 5.91 Å². The molecule has 1 amide bonds. The van der Waals surface area contributed by atoms with Gasteiger partial charge < -0.3 is 11.1 Å². The third-order valence-electron chi connectivity index (χ3n) is 5.69. The number of carbonyl (C=O) groups is 1. The molecule has 3 N–H and O–H groups in total. The van der Waals surface area contributed by atoms with E-state index in [0.717, 1.165) is 17.7 Å². The molecule has 2 heterocycles. The van der Waals surface area contributed by atoms with E-state index in [1.807, 2.05) is 48.5 Å². The molecule has 5 rings (SSSR count). The summed E-state index contributed by atoms with van der Waals surface area (Å²) in [4.78, 5) is 22.8. The molecule has 7 heteroatoms. The average Bonchev–Trinajstić information content (AvgIpc) is 3.12. The Hall–Kier alpha value is -4.26. The highest BCUT2D eigenvalue weighted by atomic mass is 19.1. The summed E-state index contributed by atoms with van der Waals surface area (Å²) in [6.45, 7) is 2.33. The number of nitrogen functional groups attached to an aromatic ring is 1. The molecule has 0 aliphatic heterocycles. The summed E-state index contributed by atoms with van der Waals surface area (Å²) in [5.74, 6) is -0.426. The van der Waals surface area contributed by atoms with Crippen molar-refractivity contribution in [2.45, 2.75) is 19.9 Å². The summed E-state index contributed by atoms with van der Waals surface area (Å²) in [6.07, 6.45) is 0.920. The van der Waals surface area contributed by atoms with Crippen molar-refractivity contribution in [1.29, 1.82) is 0 Å². The van der Waals surface area contributed by atoms with Crippen molar-refractivity contribution in [2.24, 2.45) is 0 Å². The first-order chi connectivity index (χ1) is 16.0. The van der Waals surface area contributed by atoms with E-state index in [1.54, 1.807) is 16.7 Å². The minimum atomic E-state index is -0.365. The molecule has 0 fully saturated rings. The van der Waals surface area contributed by atoms with Crippen LogP contribution in [-0.4, -0.2) is 20.4 Å².